The molecule has 1 aromatic rings. The first kappa shape index (κ1) is 10.8. The van der Waals surface area contributed by atoms with E-state index in [9.17, 15) is 4.79 Å². The highest BCUT2D eigenvalue weighted by Crippen LogP contribution is 2.37. The highest BCUT2D eigenvalue weighted by molar-refractivity contribution is 7.06. The molecule has 1 aliphatic rings. The fourth-order valence-corrected chi connectivity index (χ4v) is 3.04. The maximum Gasteiger partial charge on any atom is 0.141 e. The fraction of sp³-hybridized carbons (Fsp3) is 0.636. The van der Waals surface area contributed by atoms with Gasteiger partial charge in [-0.15, -0.1) is 0 Å². The van der Waals surface area contributed by atoms with Crippen LogP contribution in [-0.4, -0.2) is 23.9 Å². The summed E-state index contributed by atoms with van der Waals surface area (Å²) in [5.74, 6) is 0.826. The van der Waals surface area contributed by atoms with Gasteiger partial charge in [-0.2, -0.15) is 4.37 Å². The van der Waals surface area contributed by atoms with Gasteiger partial charge in [0.1, 0.15) is 5.78 Å². The van der Waals surface area contributed by atoms with Crippen molar-refractivity contribution < 1.29 is 9.53 Å². The number of methoxy groups -OCH3 is 1. The van der Waals surface area contributed by atoms with Gasteiger partial charge in [-0.3, -0.25) is 4.79 Å². The van der Waals surface area contributed by atoms with E-state index >= 15 is 0 Å². The Kier molecular flexibility index (Phi) is 3.17. The summed E-state index contributed by atoms with van der Waals surface area (Å²) >= 11 is 1.46. The monoisotopic (exact) mass is 225 g/mol. The number of hydrogen-bond acceptors (Lipinski definition) is 4. The highest BCUT2D eigenvalue weighted by Gasteiger charge is 2.34. The Labute approximate surface area is 93.6 Å². The zero-order valence-electron chi connectivity index (χ0n) is 9.03. The van der Waals surface area contributed by atoms with E-state index in [1.54, 1.807) is 7.11 Å². The average molecular weight is 225 g/mol. The van der Waals surface area contributed by atoms with Gasteiger partial charge in [0.2, 0.25) is 0 Å². The van der Waals surface area contributed by atoms with E-state index in [2.05, 4.69) is 4.37 Å². The zero-order valence-corrected chi connectivity index (χ0v) is 9.84. The fourth-order valence-electron chi connectivity index (χ4n) is 2.16. The Morgan fingerprint density at radius 2 is 2.47 bits per heavy atom. The van der Waals surface area contributed by atoms with E-state index < -0.39 is 0 Å². The zero-order chi connectivity index (χ0) is 10.8. The van der Waals surface area contributed by atoms with Crippen LogP contribution in [-0.2, 0) is 9.53 Å². The van der Waals surface area contributed by atoms with E-state index in [1.165, 1.54) is 11.5 Å². The first-order chi connectivity index (χ1) is 7.20. The van der Waals surface area contributed by atoms with Gasteiger partial charge in [-0.25, -0.2) is 0 Å². The van der Waals surface area contributed by atoms with Crippen LogP contribution in [0.1, 0.15) is 29.3 Å². The summed E-state index contributed by atoms with van der Waals surface area (Å²) in [5.41, 5.74) is 1.01. The SMILES string of the molecule is COCC1CC(=O)C(c2cc(C)ns2)C1. The Hall–Kier alpha value is -0.740. The van der Waals surface area contributed by atoms with Crippen LogP contribution < -0.4 is 0 Å². The van der Waals surface area contributed by atoms with Gasteiger partial charge in [0.05, 0.1) is 11.6 Å². The van der Waals surface area contributed by atoms with Crippen molar-refractivity contribution in [3.63, 3.8) is 0 Å². The van der Waals surface area contributed by atoms with Gasteiger partial charge in [-0.1, -0.05) is 0 Å². The summed E-state index contributed by atoms with van der Waals surface area (Å²) in [4.78, 5) is 12.9. The van der Waals surface area contributed by atoms with Crippen molar-refractivity contribution >= 4 is 17.3 Å². The van der Waals surface area contributed by atoms with E-state index in [4.69, 9.17) is 4.74 Å². The van der Waals surface area contributed by atoms with Crippen molar-refractivity contribution in [3.05, 3.63) is 16.6 Å². The maximum atomic E-state index is 11.8. The molecule has 0 amide bonds. The van der Waals surface area contributed by atoms with Crippen LogP contribution in [0.4, 0.5) is 0 Å². The third-order valence-electron chi connectivity index (χ3n) is 2.84. The van der Waals surface area contributed by atoms with Crippen LogP contribution in [0.5, 0.6) is 0 Å². The Morgan fingerprint density at radius 3 is 3.07 bits per heavy atom. The number of aromatic nitrogens is 1. The van der Waals surface area contributed by atoms with Crippen molar-refractivity contribution in [1.29, 1.82) is 0 Å². The molecule has 0 radical (unpaired) electrons. The first-order valence-corrected chi connectivity index (χ1v) is 5.93. The number of nitrogens with zero attached hydrogens (tertiary/aromatic N) is 1. The molecule has 1 fully saturated rings. The van der Waals surface area contributed by atoms with Crippen LogP contribution in [0.3, 0.4) is 0 Å². The first-order valence-electron chi connectivity index (χ1n) is 5.15. The third kappa shape index (κ3) is 2.26. The maximum absolute atomic E-state index is 11.8. The van der Waals surface area contributed by atoms with Crippen molar-refractivity contribution in [2.45, 2.75) is 25.7 Å². The highest BCUT2D eigenvalue weighted by atomic mass is 32.1. The Bertz CT molecular complexity index is 361. The van der Waals surface area contributed by atoms with Crippen molar-refractivity contribution in [2.24, 2.45) is 5.92 Å². The number of Topliss-reactive ketones (excluding diaryl/α,β-unsaturated/α-hetero) is 1. The van der Waals surface area contributed by atoms with Gasteiger partial charge >= 0.3 is 0 Å². The molecule has 1 aliphatic carbocycles. The van der Waals surface area contributed by atoms with E-state index in [-0.39, 0.29) is 5.92 Å². The van der Waals surface area contributed by atoms with Crippen molar-refractivity contribution in [1.82, 2.24) is 4.37 Å². The minimum absolute atomic E-state index is 0.0800. The number of aryl methyl sites for hydroxylation is 1. The van der Waals surface area contributed by atoms with Crippen molar-refractivity contribution in [2.75, 3.05) is 13.7 Å². The molecule has 1 aromatic heterocycles. The van der Waals surface area contributed by atoms with Crippen LogP contribution in [0.2, 0.25) is 0 Å². The molecule has 2 rings (SSSR count). The minimum Gasteiger partial charge on any atom is -0.384 e. The molecule has 1 heterocycles. The van der Waals surface area contributed by atoms with Gasteiger partial charge in [-0.05, 0) is 36.9 Å². The van der Waals surface area contributed by atoms with E-state index in [0.29, 0.717) is 24.7 Å². The topological polar surface area (TPSA) is 39.2 Å². The van der Waals surface area contributed by atoms with E-state index in [1.807, 2.05) is 13.0 Å². The number of carbonyl (C=O) groups excluding carboxylic acids is 1. The summed E-state index contributed by atoms with van der Waals surface area (Å²) in [5, 5.41) is 0. The molecule has 82 valence electrons. The molecular weight excluding hydrogens is 210 g/mol. The van der Waals surface area contributed by atoms with Crippen LogP contribution >= 0.6 is 11.5 Å². The molecule has 0 spiro atoms. The molecule has 2 unspecified atom stereocenters. The quantitative estimate of drug-likeness (QED) is 0.791. The molecule has 0 aliphatic heterocycles. The minimum atomic E-state index is 0.0800. The lowest BCUT2D eigenvalue weighted by Crippen LogP contribution is -2.03. The number of ether oxygens (including phenoxy) is 1. The van der Waals surface area contributed by atoms with Crippen LogP contribution in [0, 0.1) is 12.8 Å². The summed E-state index contributed by atoms with van der Waals surface area (Å²) in [7, 11) is 1.69. The lowest BCUT2D eigenvalue weighted by molar-refractivity contribution is -0.118. The normalized spacial score (nSPS) is 26.1. The molecule has 4 heteroatoms. The number of carbonyl (C=O) groups is 1. The second-order valence-electron chi connectivity index (χ2n) is 4.15. The predicted molar refractivity (Wildman–Crippen MR) is 59.2 cm³/mol. The molecule has 3 nitrogen and oxygen atoms in total. The molecule has 0 N–H and O–H groups in total. The summed E-state index contributed by atoms with van der Waals surface area (Å²) in [6, 6.07) is 2.03. The molecule has 0 aromatic carbocycles. The molecule has 0 bridgehead atoms. The molecule has 0 saturated heterocycles. The number of hydrogen-bond donors (Lipinski definition) is 0. The number of ketones is 1. The van der Waals surface area contributed by atoms with Gasteiger partial charge in [0.15, 0.2) is 0 Å². The largest absolute Gasteiger partial charge is 0.384 e. The van der Waals surface area contributed by atoms with Crippen LogP contribution in [0.25, 0.3) is 0 Å². The standard InChI is InChI=1S/C11H15NO2S/c1-7-3-11(15-12-7)9-4-8(6-14-2)5-10(9)13/h3,8-9H,4-6H2,1-2H3. The lowest BCUT2D eigenvalue weighted by atomic mass is 10.0. The average Bonchev–Trinajstić information content (AvgIpc) is 2.73. The smallest absolute Gasteiger partial charge is 0.141 e. The summed E-state index contributed by atoms with van der Waals surface area (Å²) in [6.07, 6.45) is 1.59. The second-order valence-corrected chi connectivity index (χ2v) is 4.99. The van der Waals surface area contributed by atoms with Crippen molar-refractivity contribution in [3.8, 4) is 0 Å². The van der Waals surface area contributed by atoms with E-state index in [0.717, 1.165) is 17.0 Å². The predicted octanol–water partition coefficient (Wildman–Crippen LogP) is 2.16. The van der Waals surface area contributed by atoms with Crippen LogP contribution in [0.15, 0.2) is 6.07 Å². The van der Waals surface area contributed by atoms with Gasteiger partial charge in [0.25, 0.3) is 0 Å². The second kappa shape index (κ2) is 4.41. The summed E-state index contributed by atoms with van der Waals surface area (Å²) in [6.45, 7) is 2.66. The number of rotatable bonds is 3. The lowest BCUT2D eigenvalue weighted by Gasteiger charge is -2.06. The van der Waals surface area contributed by atoms with Gasteiger partial charge < -0.3 is 4.74 Å². The Morgan fingerprint density at radius 1 is 1.67 bits per heavy atom. The Balaban J connectivity index is 2.08. The molecule has 2 atom stereocenters. The summed E-state index contributed by atoms with van der Waals surface area (Å²) < 4.78 is 9.32. The van der Waals surface area contributed by atoms with Gasteiger partial charge in [0, 0.05) is 25.0 Å². The third-order valence-corrected chi connectivity index (χ3v) is 3.83. The molecule has 15 heavy (non-hydrogen) atoms. The molecular formula is C11H15NO2S. The molecule has 1 saturated carbocycles.